The van der Waals surface area contributed by atoms with Crippen LogP contribution >= 0.6 is 34.9 Å². The van der Waals surface area contributed by atoms with Gasteiger partial charge in [0.05, 0.1) is 33.2 Å². The number of hydrogen-bond acceptors (Lipinski definition) is 9. The highest BCUT2D eigenvalue weighted by atomic mass is 32.2. The molecule has 0 unspecified atom stereocenters. The van der Waals surface area contributed by atoms with Crippen LogP contribution in [-0.2, 0) is 26.9 Å². The molecule has 4 rings (SSSR count). The number of hydrogen-bond donors (Lipinski definition) is 1. The third-order valence-electron chi connectivity index (χ3n) is 4.64. The monoisotopic (exact) mass is 483 g/mol. The molecule has 1 amide bonds. The van der Waals surface area contributed by atoms with Gasteiger partial charge >= 0.3 is 0 Å². The molecule has 1 atom stereocenters. The van der Waals surface area contributed by atoms with Crippen LogP contribution in [0.4, 0.5) is 0 Å². The minimum atomic E-state index is -3.01. The zero-order valence-corrected chi connectivity index (χ0v) is 19.5. The summed E-state index contributed by atoms with van der Waals surface area (Å²) in [6, 6.07) is 7.77. The molecule has 0 radical (unpaired) electrons. The molecule has 2 aromatic heterocycles. The lowest BCUT2D eigenvalue weighted by molar-refractivity contribution is -0.119. The molecule has 0 bridgehead atoms. The molecule has 3 aromatic rings. The fraction of sp³-hybridized carbons (Fsp3) is 0.444. The topological polar surface area (TPSA) is 107 Å². The fourth-order valence-corrected chi connectivity index (χ4v) is 7.71. The average molecular weight is 484 g/mol. The highest BCUT2D eigenvalue weighted by Gasteiger charge is 2.29. The Balaban J connectivity index is 1.33. The predicted molar refractivity (Wildman–Crippen MR) is 121 cm³/mol. The lowest BCUT2D eigenvalue weighted by Crippen LogP contribution is -2.36. The molecule has 3 heterocycles. The molecule has 1 fully saturated rings. The Bertz CT molecular complexity index is 1120. The normalized spacial score (nSPS) is 18.1. The highest BCUT2D eigenvalue weighted by molar-refractivity contribution is 8.00. The summed E-state index contributed by atoms with van der Waals surface area (Å²) in [5.74, 6) is 1.66. The first-order valence-electron chi connectivity index (χ1n) is 9.46. The highest BCUT2D eigenvalue weighted by Crippen LogP contribution is 2.31. The van der Waals surface area contributed by atoms with Crippen LogP contribution in [-0.4, -0.2) is 57.4 Å². The summed E-state index contributed by atoms with van der Waals surface area (Å²) in [6.07, 6.45) is 0.483. The summed E-state index contributed by atoms with van der Waals surface area (Å²) >= 11 is 4.60. The molecule has 0 aliphatic carbocycles. The summed E-state index contributed by atoms with van der Waals surface area (Å²) in [5, 5.41) is 12.0. The first-order valence-corrected chi connectivity index (χ1v) is 14.1. The number of benzene rings is 1. The van der Waals surface area contributed by atoms with Gasteiger partial charge < -0.3 is 9.88 Å². The van der Waals surface area contributed by atoms with E-state index in [0.717, 1.165) is 20.4 Å². The Labute approximate surface area is 187 Å². The molecule has 0 spiro atoms. The van der Waals surface area contributed by atoms with Crippen molar-refractivity contribution in [2.45, 2.75) is 41.2 Å². The van der Waals surface area contributed by atoms with Gasteiger partial charge in [-0.1, -0.05) is 35.7 Å². The Morgan fingerprint density at radius 2 is 2.13 bits per heavy atom. The van der Waals surface area contributed by atoms with Gasteiger partial charge in [-0.2, -0.15) is 0 Å². The quantitative estimate of drug-likeness (QED) is 0.487. The van der Waals surface area contributed by atoms with Gasteiger partial charge in [0.15, 0.2) is 19.3 Å². The number of aromatic nitrogens is 4. The summed E-state index contributed by atoms with van der Waals surface area (Å²) in [6.45, 7) is 2.72. The second-order valence-corrected chi connectivity index (χ2v) is 12.3. The van der Waals surface area contributed by atoms with Gasteiger partial charge in [-0.25, -0.2) is 13.4 Å². The number of nitrogens with one attached hydrogen (secondary N) is 1. The number of fused-ring (bicyclic) bond motifs is 1. The zero-order valence-electron chi connectivity index (χ0n) is 16.3. The SMILES string of the molecule is CCn1c(CSc2nc3ccccc3s2)nnc1SCC(=O)N[C@@H]1CCS(=O)(=O)C1. The number of carbonyl (C=O) groups is 1. The molecule has 1 aromatic carbocycles. The van der Waals surface area contributed by atoms with Gasteiger partial charge in [-0.3, -0.25) is 4.79 Å². The van der Waals surface area contributed by atoms with Crippen LogP contribution < -0.4 is 5.32 Å². The van der Waals surface area contributed by atoms with Crippen LogP contribution in [0, 0.1) is 0 Å². The van der Waals surface area contributed by atoms with Gasteiger partial charge in [0, 0.05) is 12.6 Å². The molecule has 1 N–H and O–H groups in total. The van der Waals surface area contributed by atoms with E-state index < -0.39 is 9.84 Å². The van der Waals surface area contributed by atoms with Crippen LogP contribution in [0.15, 0.2) is 33.8 Å². The zero-order chi connectivity index (χ0) is 21.1. The maximum Gasteiger partial charge on any atom is 0.230 e. The first-order chi connectivity index (χ1) is 14.4. The van der Waals surface area contributed by atoms with Crippen molar-refractivity contribution >= 4 is 60.8 Å². The van der Waals surface area contributed by atoms with Crippen molar-refractivity contribution < 1.29 is 13.2 Å². The molecule has 12 heteroatoms. The number of thiazole rings is 1. The molecule has 160 valence electrons. The second-order valence-electron chi connectivity index (χ2n) is 6.84. The van der Waals surface area contributed by atoms with E-state index in [0.29, 0.717) is 23.9 Å². The minimum absolute atomic E-state index is 0.0295. The maximum atomic E-state index is 12.2. The smallest absolute Gasteiger partial charge is 0.230 e. The van der Waals surface area contributed by atoms with Crippen LogP contribution in [0.3, 0.4) is 0 Å². The number of nitrogens with zero attached hydrogens (tertiary/aromatic N) is 4. The van der Waals surface area contributed by atoms with Gasteiger partial charge in [-0.05, 0) is 25.5 Å². The van der Waals surface area contributed by atoms with Crippen LogP contribution in [0.25, 0.3) is 10.2 Å². The van der Waals surface area contributed by atoms with Crippen LogP contribution in [0.2, 0.25) is 0 Å². The summed E-state index contributed by atoms with van der Waals surface area (Å²) < 4.78 is 27.2. The maximum absolute atomic E-state index is 12.2. The predicted octanol–water partition coefficient (Wildman–Crippen LogP) is 2.60. The van der Waals surface area contributed by atoms with E-state index >= 15 is 0 Å². The third kappa shape index (κ3) is 5.16. The summed E-state index contributed by atoms with van der Waals surface area (Å²) in [7, 11) is -3.01. The largest absolute Gasteiger partial charge is 0.352 e. The molecular formula is C18H21N5O3S4. The van der Waals surface area contributed by atoms with E-state index in [1.54, 1.807) is 23.1 Å². The lowest BCUT2D eigenvalue weighted by atomic mass is 10.3. The summed E-state index contributed by atoms with van der Waals surface area (Å²) in [4.78, 5) is 16.8. The van der Waals surface area contributed by atoms with Gasteiger partial charge in [0.25, 0.3) is 0 Å². The Hall–Kier alpha value is -1.63. The number of sulfone groups is 1. The number of para-hydroxylation sites is 1. The van der Waals surface area contributed by atoms with Gasteiger partial charge in [0.1, 0.15) is 5.82 Å². The summed E-state index contributed by atoms with van der Waals surface area (Å²) in [5.41, 5.74) is 0.999. The third-order valence-corrected chi connectivity index (χ3v) is 9.55. The van der Waals surface area contributed by atoms with Crippen molar-refractivity contribution in [2.24, 2.45) is 0 Å². The number of rotatable bonds is 8. The molecule has 0 saturated carbocycles. The molecular weight excluding hydrogens is 462 g/mol. The second kappa shape index (κ2) is 9.25. The van der Waals surface area contributed by atoms with Crippen molar-refractivity contribution in [1.82, 2.24) is 25.1 Å². The fourth-order valence-electron chi connectivity index (χ4n) is 3.20. The van der Waals surface area contributed by atoms with Gasteiger partial charge in [0.2, 0.25) is 5.91 Å². The minimum Gasteiger partial charge on any atom is -0.352 e. The lowest BCUT2D eigenvalue weighted by Gasteiger charge is -2.10. The molecule has 8 nitrogen and oxygen atoms in total. The average Bonchev–Trinajstić information content (AvgIpc) is 3.40. The molecule has 1 aliphatic rings. The van der Waals surface area contributed by atoms with Crippen molar-refractivity contribution in [3.8, 4) is 0 Å². The molecule has 1 saturated heterocycles. The van der Waals surface area contributed by atoms with Crippen molar-refractivity contribution in [1.29, 1.82) is 0 Å². The van der Waals surface area contributed by atoms with Crippen LogP contribution in [0.5, 0.6) is 0 Å². The Morgan fingerprint density at radius 1 is 1.30 bits per heavy atom. The van der Waals surface area contributed by atoms with E-state index in [2.05, 4.69) is 26.6 Å². The Kier molecular flexibility index (Phi) is 6.66. The number of amides is 1. The van der Waals surface area contributed by atoms with E-state index in [4.69, 9.17) is 0 Å². The number of thioether (sulfide) groups is 2. The first kappa shape index (κ1) is 21.6. The standard InChI is InChI=1S/C18H21N5O3S4/c1-2-23-15(9-28-18-20-13-5-3-4-6-14(13)29-18)21-22-17(23)27-10-16(24)19-12-7-8-30(25,26)11-12/h3-6,12H,2,7-11H2,1H3,(H,19,24)/t12-/m1/s1. The van der Waals surface area contributed by atoms with E-state index in [9.17, 15) is 13.2 Å². The number of carbonyl (C=O) groups excluding carboxylic acids is 1. The van der Waals surface area contributed by atoms with Crippen molar-refractivity contribution in [3.05, 3.63) is 30.1 Å². The van der Waals surface area contributed by atoms with Gasteiger partial charge in [-0.15, -0.1) is 21.5 Å². The van der Waals surface area contributed by atoms with E-state index in [1.807, 2.05) is 29.7 Å². The molecule has 1 aliphatic heterocycles. The van der Waals surface area contributed by atoms with E-state index in [-0.39, 0.29) is 29.2 Å². The van der Waals surface area contributed by atoms with E-state index in [1.165, 1.54) is 11.8 Å². The van der Waals surface area contributed by atoms with Crippen LogP contribution in [0.1, 0.15) is 19.2 Å². The Morgan fingerprint density at radius 3 is 2.87 bits per heavy atom. The van der Waals surface area contributed by atoms with Crippen molar-refractivity contribution in [3.63, 3.8) is 0 Å². The molecule has 30 heavy (non-hydrogen) atoms. The van der Waals surface area contributed by atoms with Crippen molar-refractivity contribution in [2.75, 3.05) is 17.3 Å².